The van der Waals surface area contributed by atoms with Crippen LogP contribution in [-0.2, 0) is 6.54 Å². The number of rotatable bonds is 4. The molecule has 4 heteroatoms. The number of hydrogen-bond acceptors (Lipinski definition) is 2. The van der Waals surface area contributed by atoms with Crippen LogP contribution in [0.1, 0.15) is 12.5 Å². The van der Waals surface area contributed by atoms with Gasteiger partial charge in [-0.05, 0) is 34.5 Å². The third-order valence-corrected chi connectivity index (χ3v) is 3.28. The molecule has 78 valence electrons. The third-order valence-electron chi connectivity index (χ3n) is 1.95. The van der Waals surface area contributed by atoms with Gasteiger partial charge in [-0.3, -0.25) is 0 Å². The monoisotopic (exact) mass is 277 g/mol. The van der Waals surface area contributed by atoms with Gasteiger partial charge in [0, 0.05) is 17.1 Å². The number of benzene rings is 1. The van der Waals surface area contributed by atoms with Crippen molar-refractivity contribution in [3.63, 3.8) is 0 Å². The molecule has 0 saturated carbocycles. The van der Waals surface area contributed by atoms with Crippen molar-refractivity contribution in [3.8, 4) is 0 Å². The minimum absolute atomic E-state index is 0.0880. The van der Waals surface area contributed by atoms with Gasteiger partial charge in [0.1, 0.15) is 0 Å². The van der Waals surface area contributed by atoms with Gasteiger partial charge in [-0.2, -0.15) is 0 Å². The van der Waals surface area contributed by atoms with Crippen molar-refractivity contribution < 1.29 is 5.11 Å². The molecule has 1 aromatic carbocycles. The molecular formula is C10H13BrClNO. The molecule has 0 aliphatic rings. The molecule has 2 N–H and O–H groups in total. The van der Waals surface area contributed by atoms with Crippen molar-refractivity contribution in [3.05, 3.63) is 33.3 Å². The van der Waals surface area contributed by atoms with E-state index in [0.717, 1.165) is 15.1 Å². The Kier molecular flexibility index (Phi) is 4.89. The van der Waals surface area contributed by atoms with Gasteiger partial charge in [0.05, 0.1) is 11.6 Å². The van der Waals surface area contributed by atoms with Crippen LogP contribution < -0.4 is 5.32 Å². The SMILES string of the molecule is CC(CO)NCc1cccc(Br)c1Cl. The van der Waals surface area contributed by atoms with Gasteiger partial charge in [0.25, 0.3) is 0 Å². The normalized spacial score (nSPS) is 12.9. The van der Waals surface area contributed by atoms with Crippen LogP contribution in [0, 0.1) is 0 Å². The fraction of sp³-hybridized carbons (Fsp3) is 0.400. The highest BCUT2D eigenvalue weighted by molar-refractivity contribution is 9.10. The molecular weight excluding hydrogens is 265 g/mol. The van der Waals surface area contributed by atoms with Crippen molar-refractivity contribution in [1.82, 2.24) is 5.32 Å². The summed E-state index contributed by atoms with van der Waals surface area (Å²) < 4.78 is 0.898. The van der Waals surface area contributed by atoms with Crippen LogP contribution in [0.3, 0.4) is 0 Å². The number of aliphatic hydroxyl groups excluding tert-OH is 1. The highest BCUT2D eigenvalue weighted by Crippen LogP contribution is 2.25. The quantitative estimate of drug-likeness (QED) is 0.887. The van der Waals surface area contributed by atoms with Crippen LogP contribution in [0.15, 0.2) is 22.7 Å². The Labute approximate surface area is 97.4 Å². The van der Waals surface area contributed by atoms with Crippen LogP contribution in [-0.4, -0.2) is 17.8 Å². The smallest absolute Gasteiger partial charge is 0.0592 e. The molecule has 1 rings (SSSR count). The summed E-state index contributed by atoms with van der Waals surface area (Å²) in [5.74, 6) is 0. The molecule has 14 heavy (non-hydrogen) atoms. The Balaban J connectivity index is 2.63. The first-order valence-corrected chi connectivity index (χ1v) is 5.59. The van der Waals surface area contributed by atoms with Gasteiger partial charge in [0.15, 0.2) is 0 Å². The molecule has 0 saturated heterocycles. The first-order valence-electron chi connectivity index (χ1n) is 4.42. The van der Waals surface area contributed by atoms with Crippen LogP contribution in [0.5, 0.6) is 0 Å². The summed E-state index contributed by atoms with van der Waals surface area (Å²) in [4.78, 5) is 0. The highest BCUT2D eigenvalue weighted by Gasteiger charge is 2.05. The lowest BCUT2D eigenvalue weighted by Gasteiger charge is -2.11. The lowest BCUT2D eigenvalue weighted by atomic mass is 10.2. The van der Waals surface area contributed by atoms with E-state index in [9.17, 15) is 0 Å². The van der Waals surface area contributed by atoms with Crippen molar-refractivity contribution in [2.75, 3.05) is 6.61 Å². The maximum atomic E-state index is 8.83. The molecule has 0 amide bonds. The number of halogens is 2. The van der Waals surface area contributed by atoms with E-state index in [4.69, 9.17) is 16.7 Å². The molecule has 0 aliphatic carbocycles. The Morgan fingerprint density at radius 2 is 2.29 bits per heavy atom. The second-order valence-corrected chi connectivity index (χ2v) is 4.41. The standard InChI is InChI=1S/C10H13BrClNO/c1-7(6-14)13-5-8-3-2-4-9(11)10(8)12/h2-4,7,13-14H,5-6H2,1H3. The summed E-state index contributed by atoms with van der Waals surface area (Å²) in [7, 11) is 0. The summed E-state index contributed by atoms with van der Waals surface area (Å²) in [5, 5.41) is 12.7. The molecule has 2 nitrogen and oxygen atoms in total. The first kappa shape index (κ1) is 12.0. The second kappa shape index (κ2) is 5.71. The highest BCUT2D eigenvalue weighted by atomic mass is 79.9. The lowest BCUT2D eigenvalue weighted by molar-refractivity contribution is 0.251. The summed E-state index contributed by atoms with van der Waals surface area (Å²) >= 11 is 9.43. The van der Waals surface area contributed by atoms with E-state index in [1.165, 1.54) is 0 Å². The minimum atomic E-state index is 0.0880. The lowest BCUT2D eigenvalue weighted by Crippen LogP contribution is -2.28. The summed E-state index contributed by atoms with van der Waals surface area (Å²) in [6.45, 7) is 2.72. The van der Waals surface area contributed by atoms with Gasteiger partial charge >= 0.3 is 0 Å². The van der Waals surface area contributed by atoms with E-state index in [-0.39, 0.29) is 12.6 Å². The fourth-order valence-electron chi connectivity index (χ4n) is 1.03. The van der Waals surface area contributed by atoms with Crippen LogP contribution in [0.4, 0.5) is 0 Å². The van der Waals surface area contributed by atoms with Gasteiger partial charge in [-0.15, -0.1) is 0 Å². The molecule has 1 unspecified atom stereocenters. The Morgan fingerprint density at radius 3 is 2.93 bits per heavy atom. The van der Waals surface area contributed by atoms with Gasteiger partial charge in [-0.1, -0.05) is 23.7 Å². The third kappa shape index (κ3) is 3.24. The minimum Gasteiger partial charge on any atom is -0.395 e. The molecule has 0 aliphatic heterocycles. The predicted octanol–water partition coefficient (Wildman–Crippen LogP) is 2.57. The zero-order valence-electron chi connectivity index (χ0n) is 7.93. The molecule has 0 fully saturated rings. The molecule has 0 spiro atoms. The van der Waals surface area contributed by atoms with Crippen LogP contribution in [0.2, 0.25) is 5.02 Å². The van der Waals surface area contributed by atoms with E-state index >= 15 is 0 Å². The fourth-order valence-corrected chi connectivity index (χ4v) is 1.63. The largest absolute Gasteiger partial charge is 0.395 e. The van der Waals surface area contributed by atoms with Gasteiger partial charge in [-0.25, -0.2) is 0 Å². The Morgan fingerprint density at radius 1 is 1.57 bits per heavy atom. The number of hydrogen-bond donors (Lipinski definition) is 2. The van der Waals surface area contributed by atoms with E-state index in [1.54, 1.807) is 0 Å². The second-order valence-electron chi connectivity index (χ2n) is 3.18. The average Bonchev–Trinajstić information content (AvgIpc) is 2.20. The van der Waals surface area contributed by atoms with Crippen molar-refractivity contribution in [2.24, 2.45) is 0 Å². The molecule has 0 bridgehead atoms. The summed E-state index contributed by atoms with van der Waals surface area (Å²) in [6, 6.07) is 5.90. The van der Waals surface area contributed by atoms with E-state index in [2.05, 4.69) is 21.2 Å². The maximum Gasteiger partial charge on any atom is 0.0592 e. The maximum absolute atomic E-state index is 8.83. The molecule has 1 aromatic rings. The van der Waals surface area contributed by atoms with E-state index in [1.807, 2.05) is 25.1 Å². The first-order chi connectivity index (χ1) is 6.65. The number of nitrogens with one attached hydrogen (secondary N) is 1. The van der Waals surface area contributed by atoms with Crippen molar-refractivity contribution in [1.29, 1.82) is 0 Å². The summed E-state index contributed by atoms with van der Waals surface area (Å²) in [6.07, 6.45) is 0. The molecule has 0 aromatic heterocycles. The van der Waals surface area contributed by atoms with Gasteiger partial charge in [0.2, 0.25) is 0 Å². The Bertz CT molecular complexity index is 306. The topological polar surface area (TPSA) is 32.3 Å². The van der Waals surface area contributed by atoms with Crippen molar-refractivity contribution in [2.45, 2.75) is 19.5 Å². The summed E-state index contributed by atoms with van der Waals surface area (Å²) in [5.41, 5.74) is 1.03. The molecule has 0 heterocycles. The van der Waals surface area contributed by atoms with Crippen LogP contribution in [0.25, 0.3) is 0 Å². The van der Waals surface area contributed by atoms with Gasteiger partial charge < -0.3 is 10.4 Å². The number of aliphatic hydroxyl groups is 1. The van der Waals surface area contributed by atoms with E-state index < -0.39 is 0 Å². The molecule has 1 atom stereocenters. The average molecular weight is 279 g/mol. The zero-order chi connectivity index (χ0) is 10.6. The van der Waals surface area contributed by atoms with E-state index in [0.29, 0.717) is 6.54 Å². The zero-order valence-corrected chi connectivity index (χ0v) is 10.3. The predicted molar refractivity (Wildman–Crippen MR) is 62.5 cm³/mol. The van der Waals surface area contributed by atoms with Crippen molar-refractivity contribution >= 4 is 27.5 Å². The van der Waals surface area contributed by atoms with Crippen LogP contribution >= 0.6 is 27.5 Å². The Hall–Kier alpha value is -0.0900. The molecule has 0 radical (unpaired) electrons.